The molecular formula is C7H18N2. The molecular weight excluding hydrogens is 112 g/mol. The van der Waals surface area contributed by atoms with Crippen molar-refractivity contribution in [2.75, 3.05) is 13.6 Å². The Balaban J connectivity index is 3.32. The van der Waals surface area contributed by atoms with Gasteiger partial charge in [0.05, 0.1) is 0 Å². The van der Waals surface area contributed by atoms with Gasteiger partial charge >= 0.3 is 0 Å². The topological polar surface area (TPSA) is 24.1 Å². The molecule has 56 valence electrons. The van der Waals surface area contributed by atoms with Gasteiger partial charge in [0.15, 0.2) is 0 Å². The van der Waals surface area contributed by atoms with Crippen molar-refractivity contribution >= 4 is 0 Å². The van der Waals surface area contributed by atoms with E-state index in [1.54, 1.807) is 0 Å². The van der Waals surface area contributed by atoms with E-state index in [9.17, 15) is 0 Å². The van der Waals surface area contributed by atoms with Gasteiger partial charge in [0, 0.05) is 12.1 Å². The summed E-state index contributed by atoms with van der Waals surface area (Å²) >= 11 is 0. The standard InChI is InChI=1S/C7H18N2/c1-5-9-7(3)6(2)8-4/h6-9H,5H2,1-4H3. The Labute approximate surface area is 58.0 Å². The summed E-state index contributed by atoms with van der Waals surface area (Å²) < 4.78 is 0. The van der Waals surface area contributed by atoms with Crippen molar-refractivity contribution in [2.24, 2.45) is 0 Å². The van der Waals surface area contributed by atoms with Gasteiger partial charge in [-0.25, -0.2) is 0 Å². The van der Waals surface area contributed by atoms with Crippen LogP contribution in [0, 0.1) is 0 Å². The van der Waals surface area contributed by atoms with Crippen LogP contribution in [-0.2, 0) is 0 Å². The highest BCUT2D eigenvalue weighted by Gasteiger charge is 2.05. The maximum atomic E-state index is 3.33. The first-order chi connectivity index (χ1) is 4.22. The van der Waals surface area contributed by atoms with Crippen LogP contribution in [0.1, 0.15) is 20.8 Å². The number of hydrogen-bond donors (Lipinski definition) is 2. The second kappa shape index (κ2) is 4.77. The Morgan fingerprint density at radius 1 is 1.22 bits per heavy atom. The third kappa shape index (κ3) is 3.49. The van der Waals surface area contributed by atoms with E-state index < -0.39 is 0 Å². The molecule has 0 amide bonds. The number of hydrogen-bond acceptors (Lipinski definition) is 2. The van der Waals surface area contributed by atoms with Gasteiger partial charge in [0.1, 0.15) is 0 Å². The highest BCUT2D eigenvalue weighted by molar-refractivity contribution is 4.71. The van der Waals surface area contributed by atoms with E-state index in [-0.39, 0.29) is 0 Å². The summed E-state index contributed by atoms with van der Waals surface area (Å²) in [4.78, 5) is 0. The van der Waals surface area contributed by atoms with Crippen LogP contribution in [0.2, 0.25) is 0 Å². The van der Waals surface area contributed by atoms with Gasteiger partial charge in [-0.1, -0.05) is 6.92 Å². The molecule has 0 radical (unpaired) electrons. The lowest BCUT2D eigenvalue weighted by Crippen LogP contribution is -2.42. The number of rotatable bonds is 4. The molecule has 0 fully saturated rings. The molecule has 0 aliphatic carbocycles. The zero-order valence-corrected chi connectivity index (χ0v) is 6.86. The molecule has 0 spiro atoms. The first-order valence-corrected chi connectivity index (χ1v) is 3.63. The quantitative estimate of drug-likeness (QED) is 0.582. The number of nitrogens with one attached hydrogen (secondary N) is 2. The average molecular weight is 130 g/mol. The lowest BCUT2D eigenvalue weighted by Gasteiger charge is -2.19. The van der Waals surface area contributed by atoms with Crippen molar-refractivity contribution in [1.82, 2.24) is 10.6 Å². The monoisotopic (exact) mass is 130 g/mol. The molecule has 0 aliphatic heterocycles. The zero-order valence-electron chi connectivity index (χ0n) is 6.86. The van der Waals surface area contributed by atoms with Crippen LogP contribution in [0.5, 0.6) is 0 Å². The highest BCUT2D eigenvalue weighted by Crippen LogP contribution is 1.88. The van der Waals surface area contributed by atoms with E-state index in [4.69, 9.17) is 0 Å². The smallest absolute Gasteiger partial charge is 0.0189 e. The summed E-state index contributed by atoms with van der Waals surface area (Å²) in [5.74, 6) is 0. The summed E-state index contributed by atoms with van der Waals surface area (Å²) in [6.45, 7) is 7.53. The minimum atomic E-state index is 0.560. The van der Waals surface area contributed by atoms with Gasteiger partial charge < -0.3 is 10.6 Å². The fourth-order valence-corrected chi connectivity index (χ4v) is 0.749. The maximum absolute atomic E-state index is 3.33. The van der Waals surface area contributed by atoms with Crippen LogP contribution in [-0.4, -0.2) is 25.7 Å². The van der Waals surface area contributed by atoms with Crippen LogP contribution >= 0.6 is 0 Å². The lowest BCUT2D eigenvalue weighted by atomic mass is 10.2. The predicted molar refractivity (Wildman–Crippen MR) is 41.7 cm³/mol. The Bertz CT molecular complexity index is 63.9. The van der Waals surface area contributed by atoms with Crippen LogP contribution in [0.15, 0.2) is 0 Å². The molecule has 2 nitrogen and oxygen atoms in total. The SMILES string of the molecule is CCNC(C)C(C)NC. The molecule has 0 heterocycles. The molecule has 9 heavy (non-hydrogen) atoms. The molecule has 0 saturated heterocycles. The summed E-state index contributed by atoms with van der Waals surface area (Å²) in [5, 5.41) is 6.52. The Hall–Kier alpha value is -0.0800. The molecule has 0 saturated carbocycles. The molecule has 2 N–H and O–H groups in total. The second-order valence-electron chi connectivity index (χ2n) is 2.42. The summed E-state index contributed by atoms with van der Waals surface area (Å²) in [5.41, 5.74) is 0. The van der Waals surface area contributed by atoms with E-state index in [1.165, 1.54) is 0 Å². The third-order valence-electron chi connectivity index (χ3n) is 1.73. The van der Waals surface area contributed by atoms with E-state index in [0.29, 0.717) is 12.1 Å². The van der Waals surface area contributed by atoms with Crippen molar-refractivity contribution < 1.29 is 0 Å². The van der Waals surface area contributed by atoms with Gasteiger partial charge in [0.2, 0.25) is 0 Å². The van der Waals surface area contributed by atoms with Gasteiger partial charge in [-0.2, -0.15) is 0 Å². The molecule has 0 rings (SSSR count). The molecule has 0 aromatic carbocycles. The van der Waals surface area contributed by atoms with Crippen LogP contribution in [0.4, 0.5) is 0 Å². The Kier molecular flexibility index (Phi) is 4.72. The van der Waals surface area contributed by atoms with Gasteiger partial charge in [-0.05, 0) is 27.4 Å². The van der Waals surface area contributed by atoms with Crippen LogP contribution in [0.3, 0.4) is 0 Å². The van der Waals surface area contributed by atoms with Crippen LogP contribution in [0.25, 0.3) is 0 Å². The van der Waals surface area contributed by atoms with Crippen molar-refractivity contribution in [1.29, 1.82) is 0 Å². The van der Waals surface area contributed by atoms with Crippen molar-refractivity contribution in [2.45, 2.75) is 32.9 Å². The molecule has 0 aromatic rings. The van der Waals surface area contributed by atoms with Gasteiger partial charge in [-0.15, -0.1) is 0 Å². The molecule has 0 aromatic heterocycles. The van der Waals surface area contributed by atoms with E-state index in [2.05, 4.69) is 31.4 Å². The average Bonchev–Trinajstić information content (AvgIpc) is 1.87. The van der Waals surface area contributed by atoms with E-state index >= 15 is 0 Å². The van der Waals surface area contributed by atoms with Gasteiger partial charge in [-0.3, -0.25) is 0 Å². The van der Waals surface area contributed by atoms with E-state index in [1.807, 2.05) is 7.05 Å². The lowest BCUT2D eigenvalue weighted by molar-refractivity contribution is 0.441. The first-order valence-electron chi connectivity index (χ1n) is 3.63. The van der Waals surface area contributed by atoms with Crippen molar-refractivity contribution in [3.8, 4) is 0 Å². The fourth-order valence-electron chi connectivity index (χ4n) is 0.749. The molecule has 0 bridgehead atoms. The van der Waals surface area contributed by atoms with Crippen molar-refractivity contribution in [3.05, 3.63) is 0 Å². The summed E-state index contributed by atoms with van der Waals surface area (Å²) in [6, 6.07) is 1.13. The maximum Gasteiger partial charge on any atom is 0.0189 e. The Morgan fingerprint density at radius 3 is 2.11 bits per heavy atom. The minimum Gasteiger partial charge on any atom is -0.316 e. The Morgan fingerprint density at radius 2 is 1.78 bits per heavy atom. The molecule has 2 unspecified atom stereocenters. The minimum absolute atomic E-state index is 0.560. The first kappa shape index (κ1) is 8.92. The predicted octanol–water partition coefficient (Wildman–Crippen LogP) is 0.592. The molecule has 2 heteroatoms. The largest absolute Gasteiger partial charge is 0.316 e. The van der Waals surface area contributed by atoms with Crippen LogP contribution < -0.4 is 10.6 Å². The second-order valence-corrected chi connectivity index (χ2v) is 2.42. The number of likely N-dealkylation sites (N-methyl/N-ethyl adjacent to an activating group) is 2. The van der Waals surface area contributed by atoms with E-state index in [0.717, 1.165) is 6.54 Å². The summed E-state index contributed by atoms with van der Waals surface area (Å²) in [7, 11) is 1.98. The van der Waals surface area contributed by atoms with Crippen molar-refractivity contribution in [3.63, 3.8) is 0 Å². The zero-order chi connectivity index (χ0) is 7.28. The summed E-state index contributed by atoms with van der Waals surface area (Å²) in [6.07, 6.45) is 0. The molecule has 0 aliphatic rings. The fraction of sp³-hybridized carbons (Fsp3) is 1.00. The highest BCUT2D eigenvalue weighted by atomic mass is 15.0. The normalized spacial score (nSPS) is 17.3. The third-order valence-corrected chi connectivity index (χ3v) is 1.73. The van der Waals surface area contributed by atoms with Gasteiger partial charge in [0.25, 0.3) is 0 Å². The molecule has 2 atom stereocenters.